The first-order chi connectivity index (χ1) is 15.3. The van der Waals surface area contributed by atoms with Crippen LogP contribution in [0.3, 0.4) is 0 Å². The smallest absolute Gasteiger partial charge is 0.251 e. The number of aliphatic hydroxyl groups excluding tert-OH is 1. The zero-order chi connectivity index (χ0) is 21.5. The Kier molecular flexibility index (Phi) is 6.87. The molecule has 2 aromatic heterocycles. The monoisotopic (exact) mass is 419 g/mol. The number of aromatic nitrogens is 3. The summed E-state index contributed by atoms with van der Waals surface area (Å²) in [5.74, 6) is 0.241. The van der Waals surface area contributed by atoms with Crippen LogP contribution in [0.1, 0.15) is 36.3 Å². The number of nitrogens with one attached hydrogen (secondary N) is 1. The van der Waals surface area contributed by atoms with Crippen LogP contribution in [-0.4, -0.2) is 52.5 Å². The summed E-state index contributed by atoms with van der Waals surface area (Å²) in [6, 6.07) is 10.0. The van der Waals surface area contributed by atoms with E-state index in [1.165, 1.54) is 0 Å². The van der Waals surface area contributed by atoms with Crippen molar-refractivity contribution in [1.29, 1.82) is 5.26 Å². The molecule has 0 radical (unpaired) electrons. The lowest BCUT2D eigenvalue weighted by atomic mass is 10.1. The van der Waals surface area contributed by atoms with Crippen molar-refractivity contribution in [2.24, 2.45) is 0 Å². The standard InChI is InChI=1S/C23H25N5O3/c24-12-22-23(31-15-19-5-1-2-9-30-19)28-18(13-27-22)11-17-10-16-4-3-6-21(25-7-8-29)20(16)14-26-17/h3-4,6,10,13-14,19,25,29H,1-2,5,7-9,11,15H2/t19-/m1/s1. The molecule has 0 saturated carbocycles. The minimum atomic E-state index is 0.0292. The fraction of sp³-hybridized carbons (Fsp3) is 0.391. The van der Waals surface area contributed by atoms with Crippen LogP contribution in [0.4, 0.5) is 5.69 Å². The average molecular weight is 419 g/mol. The second-order valence-corrected chi connectivity index (χ2v) is 7.46. The van der Waals surface area contributed by atoms with Gasteiger partial charge in [0.25, 0.3) is 5.88 Å². The van der Waals surface area contributed by atoms with Gasteiger partial charge in [0.2, 0.25) is 5.69 Å². The van der Waals surface area contributed by atoms with Gasteiger partial charge >= 0.3 is 0 Å². The largest absolute Gasteiger partial charge is 0.473 e. The molecule has 4 rings (SSSR count). The van der Waals surface area contributed by atoms with Gasteiger partial charge in [-0.25, -0.2) is 9.97 Å². The van der Waals surface area contributed by atoms with Crippen LogP contribution in [0.15, 0.2) is 36.7 Å². The van der Waals surface area contributed by atoms with Crippen molar-refractivity contribution in [3.63, 3.8) is 0 Å². The predicted molar refractivity (Wildman–Crippen MR) is 116 cm³/mol. The summed E-state index contributed by atoms with van der Waals surface area (Å²) in [5, 5.41) is 23.6. The minimum absolute atomic E-state index is 0.0292. The summed E-state index contributed by atoms with van der Waals surface area (Å²) in [5.41, 5.74) is 2.63. The molecule has 0 aliphatic carbocycles. The van der Waals surface area contributed by atoms with Gasteiger partial charge < -0.3 is 19.9 Å². The van der Waals surface area contributed by atoms with E-state index in [-0.39, 0.29) is 24.3 Å². The van der Waals surface area contributed by atoms with Gasteiger partial charge in [-0.2, -0.15) is 5.26 Å². The maximum absolute atomic E-state index is 9.34. The summed E-state index contributed by atoms with van der Waals surface area (Å²) in [6.07, 6.45) is 7.06. The van der Waals surface area contributed by atoms with Crippen LogP contribution in [0.5, 0.6) is 5.88 Å². The van der Waals surface area contributed by atoms with Crippen molar-refractivity contribution in [1.82, 2.24) is 15.0 Å². The number of pyridine rings is 1. The van der Waals surface area contributed by atoms with Crippen LogP contribution in [0.25, 0.3) is 10.8 Å². The number of nitrogens with zero attached hydrogens (tertiary/aromatic N) is 4. The maximum Gasteiger partial charge on any atom is 0.251 e. The van der Waals surface area contributed by atoms with Crippen molar-refractivity contribution < 1.29 is 14.6 Å². The first-order valence-electron chi connectivity index (χ1n) is 10.5. The summed E-state index contributed by atoms with van der Waals surface area (Å²) in [6.45, 7) is 1.66. The number of aliphatic hydroxyl groups is 1. The molecule has 8 nitrogen and oxygen atoms in total. The fourth-order valence-electron chi connectivity index (χ4n) is 3.62. The van der Waals surface area contributed by atoms with Gasteiger partial charge in [-0.15, -0.1) is 0 Å². The molecule has 1 aliphatic rings. The van der Waals surface area contributed by atoms with Crippen molar-refractivity contribution >= 4 is 16.5 Å². The molecule has 0 spiro atoms. The van der Waals surface area contributed by atoms with E-state index >= 15 is 0 Å². The van der Waals surface area contributed by atoms with E-state index in [0.717, 1.165) is 48.0 Å². The molecule has 8 heteroatoms. The topological polar surface area (TPSA) is 113 Å². The molecule has 2 N–H and O–H groups in total. The normalized spacial score (nSPS) is 16.1. The summed E-state index contributed by atoms with van der Waals surface area (Å²) in [4.78, 5) is 13.3. The van der Waals surface area contributed by atoms with Crippen molar-refractivity contribution in [2.45, 2.75) is 31.8 Å². The van der Waals surface area contributed by atoms with Crippen LogP contribution in [-0.2, 0) is 11.2 Å². The van der Waals surface area contributed by atoms with Crippen LogP contribution in [0.2, 0.25) is 0 Å². The molecule has 0 bridgehead atoms. The molecule has 160 valence electrons. The highest BCUT2D eigenvalue weighted by molar-refractivity contribution is 5.93. The Morgan fingerprint density at radius 2 is 2.16 bits per heavy atom. The van der Waals surface area contributed by atoms with E-state index in [1.807, 2.05) is 36.5 Å². The number of rotatable bonds is 8. The van der Waals surface area contributed by atoms with Gasteiger partial charge in [0.15, 0.2) is 0 Å². The molecule has 1 saturated heterocycles. The molecule has 3 aromatic rings. The zero-order valence-corrected chi connectivity index (χ0v) is 17.3. The van der Waals surface area contributed by atoms with Crippen LogP contribution in [0, 0.1) is 11.3 Å². The molecule has 1 atom stereocenters. The van der Waals surface area contributed by atoms with Crippen LogP contribution < -0.4 is 10.1 Å². The molecule has 1 aliphatic heterocycles. The second-order valence-electron chi connectivity index (χ2n) is 7.46. The van der Waals surface area contributed by atoms with Gasteiger partial charge in [0, 0.05) is 42.5 Å². The molecular formula is C23H25N5O3. The number of nitriles is 1. The number of ether oxygens (including phenoxy) is 2. The summed E-state index contributed by atoms with van der Waals surface area (Å²) < 4.78 is 11.5. The minimum Gasteiger partial charge on any atom is -0.473 e. The number of benzene rings is 1. The lowest BCUT2D eigenvalue weighted by Crippen LogP contribution is -2.26. The Morgan fingerprint density at radius 1 is 1.23 bits per heavy atom. The lowest BCUT2D eigenvalue weighted by Gasteiger charge is -2.22. The first kappa shape index (κ1) is 21.0. The van der Waals surface area contributed by atoms with E-state index in [4.69, 9.17) is 14.6 Å². The number of hydrogen-bond acceptors (Lipinski definition) is 8. The van der Waals surface area contributed by atoms with Gasteiger partial charge in [0.05, 0.1) is 24.6 Å². The van der Waals surface area contributed by atoms with E-state index < -0.39 is 0 Å². The lowest BCUT2D eigenvalue weighted by molar-refractivity contribution is -0.0121. The second kappa shape index (κ2) is 10.2. The van der Waals surface area contributed by atoms with Gasteiger partial charge in [0.1, 0.15) is 12.7 Å². The molecule has 1 aromatic carbocycles. The quantitative estimate of drug-likeness (QED) is 0.573. The highest BCUT2D eigenvalue weighted by atomic mass is 16.5. The Morgan fingerprint density at radius 3 is 2.97 bits per heavy atom. The third-order valence-corrected chi connectivity index (χ3v) is 5.19. The van der Waals surface area contributed by atoms with E-state index in [0.29, 0.717) is 25.3 Å². The number of hydrogen-bond donors (Lipinski definition) is 2. The number of fused-ring (bicyclic) bond motifs is 1. The SMILES string of the molecule is N#Cc1ncc(Cc2cc3cccc(NCCO)c3cn2)nc1OC[C@H]1CCCCO1. The Hall–Kier alpha value is -3.28. The highest BCUT2D eigenvalue weighted by Gasteiger charge is 2.17. The molecule has 1 fully saturated rings. The van der Waals surface area contributed by atoms with Crippen molar-refractivity contribution in [3.05, 3.63) is 53.7 Å². The van der Waals surface area contributed by atoms with Gasteiger partial charge in [-0.05, 0) is 36.8 Å². The predicted octanol–water partition coefficient (Wildman–Crippen LogP) is 2.84. The van der Waals surface area contributed by atoms with E-state index in [1.54, 1.807) is 6.20 Å². The highest BCUT2D eigenvalue weighted by Crippen LogP contribution is 2.24. The fourth-order valence-corrected chi connectivity index (χ4v) is 3.62. The third-order valence-electron chi connectivity index (χ3n) is 5.19. The van der Waals surface area contributed by atoms with Crippen LogP contribution >= 0.6 is 0 Å². The average Bonchev–Trinajstić information content (AvgIpc) is 2.82. The molecule has 0 unspecified atom stereocenters. The molecule has 31 heavy (non-hydrogen) atoms. The van der Waals surface area contributed by atoms with Crippen molar-refractivity contribution in [3.8, 4) is 11.9 Å². The Balaban J connectivity index is 1.50. The van der Waals surface area contributed by atoms with E-state index in [2.05, 4.69) is 20.3 Å². The van der Waals surface area contributed by atoms with Gasteiger partial charge in [-0.3, -0.25) is 4.98 Å². The third kappa shape index (κ3) is 5.26. The van der Waals surface area contributed by atoms with Gasteiger partial charge in [-0.1, -0.05) is 12.1 Å². The van der Waals surface area contributed by atoms with E-state index in [9.17, 15) is 5.26 Å². The zero-order valence-electron chi connectivity index (χ0n) is 17.3. The van der Waals surface area contributed by atoms with Crippen molar-refractivity contribution in [2.75, 3.05) is 31.7 Å². The number of anilines is 1. The summed E-state index contributed by atoms with van der Waals surface area (Å²) in [7, 11) is 0. The Bertz CT molecular complexity index is 1080. The summed E-state index contributed by atoms with van der Waals surface area (Å²) >= 11 is 0. The first-order valence-corrected chi connectivity index (χ1v) is 10.5. The maximum atomic E-state index is 9.34. The molecule has 3 heterocycles. The molecular weight excluding hydrogens is 394 g/mol. The molecule has 0 amide bonds. The Labute approximate surface area is 180 Å².